The van der Waals surface area contributed by atoms with Gasteiger partial charge in [0.1, 0.15) is 13.2 Å². The van der Waals surface area contributed by atoms with Crippen molar-refractivity contribution in [1.29, 1.82) is 0 Å². The fourth-order valence-electron chi connectivity index (χ4n) is 2.37. The van der Waals surface area contributed by atoms with Gasteiger partial charge < -0.3 is 14.8 Å². The van der Waals surface area contributed by atoms with Crippen molar-refractivity contribution in [3.8, 4) is 0 Å². The van der Waals surface area contributed by atoms with Crippen molar-refractivity contribution in [2.75, 3.05) is 19.8 Å². The molecule has 1 N–H and O–H groups in total. The van der Waals surface area contributed by atoms with Crippen molar-refractivity contribution in [1.82, 2.24) is 5.32 Å². The average molecular weight is 341 g/mol. The first kappa shape index (κ1) is 22.5. The summed E-state index contributed by atoms with van der Waals surface area (Å²) in [4.78, 5) is 22.1. The van der Waals surface area contributed by atoms with Gasteiger partial charge in [0.2, 0.25) is 0 Å². The maximum atomic E-state index is 11.3. The zero-order valence-corrected chi connectivity index (χ0v) is 15.3. The Labute approximate surface area is 147 Å². The third-order valence-electron chi connectivity index (χ3n) is 3.78. The van der Waals surface area contributed by atoms with Gasteiger partial charge in [0.25, 0.3) is 0 Å². The second-order valence-corrected chi connectivity index (χ2v) is 5.97. The number of alkyl carbamates (subject to hydrolysis) is 1. The van der Waals surface area contributed by atoms with Crippen LogP contribution in [0.15, 0.2) is 12.7 Å². The second-order valence-electron chi connectivity index (χ2n) is 5.97. The lowest BCUT2D eigenvalue weighted by atomic mass is 10.1. The summed E-state index contributed by atoms with van der Waals surface area (Å²) in [6.45, 7) is 6.26. The van der Waals surface area contributed by atoms with Crippen molar-refractivity contribution in [2.24, 2.45) is 0 Å². The van der Waals surface area contributed by atoms with Gasteiger partial charge in [-0.3, -0.25) is 0 Å². The Morgan fingerprint density at radius 2 is 1.33 bits per heavy atom. The SMILES string of the molecule is C=CC(=O)OCCOC(=O)NCCCCCCCCCCCCC. The van der Waals surface area contributed by atoms with Crippen LogP contribution in [-0.4, -0.2) is 31.8 Å². The first-order valence-electron chi connectivity index (χ1n) is 9.40. The molecule has 0 bridgehead atoms. The summed E-state index contributed by atoms with van der Waals surface area (Å²) >= 11 is 0. The molecule has 0 aromatic carbocycles. The molecular formula is C19H35NO4. The quantitative estimate of drug-likeness (QED) is 0.250. The van der Waals surface area contributed by atoms with Crippen LogP contribution in [-0.2, 0) is 14.3 Å². The number of amides is 1. The third-order valence-corrected chi connectivity index (χ3v) is 3.78. The van der Waals surface area contributed by atoms with Gasteiger partial charge in [-0.2, -0.15) is 0 Å². The largest absolute Gasteiger partial charge is 0.459 e. The fraction of sp³-hybridized carbons (Fsp3) is 0.789. The number of ether oxygens (including phenoxy) is 2. The van der Waals surface area contributed by atoms with E-state index >= 15 is 0 Å². The monoisotopic (exact) mass is 341 g/mol. The zero-order valence-electron chi connectivity index (χ0n) is 15.3. The number of hydrogen-bond acceptors (Lipinski definition) is 4. The summed E-state index contributed by atoms with van der Waals surface area (Å²) in [5.74, 6) is -0.514. The Balaban J connectivity index is 3.19. The summed E-state index contributed by atoms with van der Waals surface area (Å²) in [6.07, 6.45) is 14.7. The summed E-state index contributed by atoms with van der Waals surface area (Å²) < 4.78 is 9.57. The predicted octanol–water partition coefficient (Wildman–Crippen LogP) is 4.75. The third kappa shape index (κ3) is 16.8. The highest BCUT2D eigenvalue weighted by atomic mass is 16.6. The van der Waals surface area contributed by atoms with Gasteiger partial charge in [-0.15, -0.1) is 0 Å². The van der Waals surface area contributed by atoms with E-state index in [0.29, 0.717) is 6.54 Å². The van der Waals surface area contributed by atoms with Crippen LogP contribution in [0.2, 0.25) is 0 Å². The van der Waals surface area contributed by atoms with Crippen molar-refractivity contribution >= 4 is 12.1 Å². The summed E-state index contributed by atoms with van der Waals surface area (Å²) in [7, 11) is 0. The van der Waals surface area contributed by atoms with Crippen molar-refractivity contribution in [3.05, 3.63) is 12.7 Å². The minimum atomic E-state index is -0.514. The van der Waals surface area contributed by atoms with Crippen LogP contribution >= 0.6 is 0 Å². The summed E-state index contributed by atoms with van der Waals surface area (Å²) in [5, 5.41) is 2.69. The summed E-state index contributed by atoms with van der Waals surface area (Å²) in [5.41, 5.74) is 0. The lowest BCUT2D eigenvalue weighted by Crippen LogP contribution is -2.26. The molecule has 140 valence electrons. The minimum Gasteiger partial charge on any atom is -0.459 e. The lowest BCUT2D eigenvalue weighted by Gasteiger charge is -2.07. The van der Waals surface area contributed by atoms with Gasteiger partial charge in [0.15, 0.2) is 0 Å². The molecule has 24 heavy (non-hydrogen) atoms. The van der Waals surface area contributed by atoms with Gasteiger partial charge in [0.05, 0.1) is 0 Å². The maximum absolute atomic E-state index is 11.3. The van der Waals surface area contributed by atoms with E-state index in [4.69, 9.17) is 9.47 Å². The molecule has 0 spiro atoms. The Kier molecular flexibility index (Phi) is 16.7. The zero-order chi connectivity index (χ0) is 17.9. The molecule has 0 radical (unpaired) electrons. The highest BCUT2D eigenvalue weighted by Crippen LogP contribution is 2.10. The molecule has 0 aromatic rings. The van der Waals surface area contributed by atoms with E-state index in [1.54, 1.807) is 0 Å². The Morgan fingerprint density at radius 1 is 0.833 bits per heavy atom. The number of esters is 1. The lowest BCUT2D eigenvalue weighted by molar-refractivity contribution is -0.138. The molecule has 1 amide bonds. The standard InChI is InChI=1S/C19H35NO4/c1-3-5-6-7-8-9-10-11-12-13-14-15-20-19(22)24-17-16-23-18(21)4-2/h4H,2-3,5-17H2,1H3,(H,20,22). The molecule has 0 aliphatic carbocycles. The number of rotatable bonds is 16. The van der Waals surface area contributed by atoms with Crippen LogP contribution in [0.5, 0.6) is 0 Å². The number of carbonyl (C=O) groups excluding carboxylic acids is 2. The van der Waals surface area contributed by atoms with Gasteiger partial charge >= 0.3 is 12.1 Å². The van der Waals surface area contributed by atoms with Crippen molar-refractivity contribution in [3.63, 3.8) is 0 Å². The molecule has 0 heterocycles. The van der Waals surface area contributed by atoms with Crippen LogP contribution in [0.1, 0.15) is 77.6 Å². The summed E-state index contributed by atoms with van der Waals surface area (Å²) in [6, 6.07) is 0. The second kappa shape index (κ2) is 17.8. The Bertz CT molecular complexity index is 331. The minimum absolute atomic E-state index is 0.0523. The molecule has 0 rings (SSSR count). The van der Waals surface area contributed by atoms with E-state index in [9.17, 15) is 9.59 Å². The predicted molar refractivity (Wildman–Crippen MR) is 97.0 cm³/mol. The molecule has 5 heteroatoms. The van der Waals surface area contributed by atoms with Crippen LogP contribution in [0.4, 0.5) is 4.79 Å². The van der Waals surface area contributed by atoms with E-state index < -0.39 is 12.1 Å². The molecule has 0 aliphatic rings. The van der Waals surface area contributed by atoms with Gasteiger partial charge in [-0.05, 0) is 6.42 Å². The van der Waals surface area contributed by atoms with Crippen LogP contribution in [0, 0.1) is 0 Å². The molecule has 0 fully saturated rings. The smallest absolute Gasteiger partial charge is 0.407 e. The first-order chi connectivity index (χ1) is 11.7. The van der Waals surface area contributed by atoms with Crippen molar-refractivity contribution < 1.29 is 19.1 Å². The average Bonchev–Trinajstić information content (AvgIpc) is 2.59. The van der Waals surface area contributed by atoms with E-state index in [1.807, 2.05) is 0 Å². The normalized spacial score (nSPS) is 10.2. The molecule has 0 unspecified atom stereocenters. The fourth-order valence-corrected chi connectivity index (χ4v) is 2.37. The van der Waals surface area contributed by atoms with E-state index in [2.05, 4.69) is 18.8 Å². The number of hydrogen-bond donors (Lipinski definition) is 1. The number of carbonyl (C=O) groups is 2. The van der Waals surface area contributed by atoms with Gasteiger partial charge in [-0.25, -0.2) is 9.59 Å². The molecule has 0 aromatic heterocycles. The Hall–Kier alpha value is -1.52. The van der Waals surface area contributed by atoms with Crippen LogP contribution in [0.25, 0.3) is 0 Å². The van der Waals surface area contributed by atoms with E-state index in [1.165, 1.54) is 57.8 Å². The highest BCUT2D eigenvalue weighted by Gasteiger charge is 2.02. The van der Waals surface area contributed by atoms with Crippen LogP contribution in [0.3, 0.4) is 0 Å². The molecule has 0 aliphatic heterocycles. The molecule has 0 saturated heterocycles. The van der Waals surface area contributed by atoms with E-state index in [-0.39, 0.29) is 13.2 Å². The topological polar surface area (TPSA) is 64.6 Å². The molecule has 0 saturated carbocycles. The maximum Gasteiger partial charge on any atom is 0.407 e. The highest BCUT2D eigenvalue weighted by molar-refractivity contribution is 5.81. The Morgan fingerprint density at radius 3 is 1.88 bits per heavy atom. The first-order valence-corrected chi connectivity index (χ1v) is 9.40. The molecular weight excluding hydrogens is 306 g/mol. The number of unbranched alkanes of at least 4 members (excludes halogenated alkanes) is 10. The number of nitrogens with one attached hydrogen (secondary N) is 1. The van der Waals surface area contributed by atoms with E-state index in [0.717, 1.165) is 18.9 Å². The van der Waals surface area contributed by atoms with Crippen LogP contribution < -0.4 is 5.32 Å². The van der Waals surface area contributed by atoms with Crippen molar-refractivity contribution in [2.45, 2.75) is 77.6 Å². The molecule has 5 nitrogen and oxygen atoms in total. The van der Waals surface area contributed by atoms with Gasteiger partial charge in [-0.1, -0.05) is 77.7 Å². The van der Waals surface area contributed by atoms with Gasteiger partial charge in [0, 0.05) is 12.6 Å². The molecule has 0 atom stereocenters.